The smallest absolute Gasteiger partial charge is 0.136 e. The molecule has 0 saturated carbocycles. The molecule has 0 bridgehead atoms. The van der Waals surface area contributed by atoms with Crippen molar-refractivity contribution in [3.05, 3.63) is 0 Å². The van der Waals surface area contributed by atoms with E-state index in [0.29, 0.717) is 11.7 Å². The fraction of sp³-hybridized carbons (Fsp3) is 0.933. The third-order valence-corrected chi connectivity index (χ3v) is 4.51. The molecule has 0 amide bonds. The minimum atomic E-state index is 0.370. The molecule has 0 aromatic carbocycles. The maximum absolute atomic E-state index is 11.9. The van der Waals surface area contributed by atoms with Gasteiger partial charge in [0.25, 0.3) is 0 Å². The van der Waals surface area contributed by atoms with Crippen molar-refractivity contribution in [1.82, 2.24) is 10.2 Å². The lowest BCUT2D eigenvalue weighted by Gasteiger charge is -2.35. The van der Waals surface area contributed by atoms with Crippen molar-refractivity contribution in [2.45, 2.75) is 45.4 Å². The summed E-state index contributed by atoms with van der Waals surface area (Å²) >= 11 is 0. The van der Waals surface area contributed by atoms with Crippen LogP contribution in [0.2, 0.25) is 0 Å². The van der Waals surface area contributed by atoms with Crippen molar-refractivity contribution in [2.24, 2.45) is 11.8 Å². The van der Waals surface area contributed by atoms with Gasteiger partial charge in [-0.1, -0.05) is 6.92 Å². The predicted octanol–water partition coefficient (Wildman–Crippen LogP) is 2.07. The third kappa shape index (κ3) is 4.06. The van der Waals surface area contributed by atoms with Crippen LogP contribution >= 0.6 is 0 Å². The summed E-state index contributed by atoms with van der Waals surface area (Å²) in [5.74, 6) is 1.77. The zero-order valence-electron chi connectivity index (χ0n) is 11.8. The first-order valence-electron chi connectivity index (χ1n) is 7.75. The molecular formula is C15H28N2O. The Labute approximate surface area is 111 Å². The first kappa shape index (κ1) is 14.0. The zero-order valence-corrected chi connectivity index (χ0v) is 11.8. The number of nitrogens with one attached hydrogen (secondary N) is 1. The minimum Gasteiger partial charge on any atom is -0.317 e. The van der Waals surface area contributed by atoms with Crippen molar-refractivity contribution in [2.75, 3.05) is 32.7 Å². The maximum Gasteiger partial charge on any atom is 0.136 e. The molecule has 2 aliphatic heterocycles. The van der Waals surface area contributed by atoms with Crippen LogP contribution in [-0.2, 0) is 4.79 Å². The van der Waals surface area contributed by atoms with E-state index in [1.165, 1.54) is 32.5 Å². The number of rotatable bonds is 5. The second-order valence-corrected chi connectivity index (χ2v) is 5.98. The van der Waals surface area contributed by atoms with Crippen LogP contribution in [0.4, 0.5) is 0 Å². The molecule has 2 fully saturated rings. The van der Waals surface area contributed by atoms with E-state index in [1.807, 2.05) is 0 Å². The van der Waals surface area contributed by atoms with Gasteiger partial charge < -0.3 is 10.2 Å². The van der Waals surface area contributed by atoms with E-state index in [-0.39, 0.29) is 0 Å². The number of likely N-dealkylation sites (tertiary alicyclic amines) is 1. The molecule has 0 aliphatic carbocycles. The fourth-order valence-corrected chi connectivity index (χ4v) is 3.32. The first-order valence-corrected chi connectivity index (χ1v) is 7.75. The second-order valence-electron chi connectivity index (χ2n) is 5.98. The highest BCUT2D eigenvalue weighted by Crippen LogP contribution is 2.22. The maximum atomic E-state index is 11.9. The SMILES string of the molecule is CCCC(=O)C1CCN(CC2CCNCC2)CC1. The standard InChI is InChI=1S/C15H28N2O/c1-2-3-15(18)14-6-10-17(11-7-14)12-13-4-8-16-9-5-13/h13-14,16H,2-12H2,1H3. The summed E-state index contributed by atoms with van der Waals surface area (Å²) in [4.78, 5) is 14.5. The summed E-state index contributed by atoms with van der Waals surface area (Å²) in [7, 11) is 0. The van der Waals surface area contributed by atoms with Crippen molar-refractivity contribution in [1.29, 1.82) is 0 Å². The van der Waals surface area contributed by atoms with Gasteiger partial charge in [0, 0.05) is 18.9 Å². The highest BCUT2D eigenvalue weighted by Gasteiger charge is 2.25. The highest BCUT2D eigenvalue weighted by molar-refractivity contribution is 5.81. The topological polar surface area (TPSA) is 32.3 Å². The number of hydrogen-bond donors (Lipinski definition) is 1. The molecule has 0 spiro atoms. The molecule has 2 heterocycles. The lowest BCUT2D eigenvalue weighted by Crippen LogP contribution is -2.41. The van der Waals surface area contributed by atoms with Gasteiger partial charge >= 0.3 is 0 Å². The largest absolute Gasteiger partial charge is 0.317 e. The molecule has 2 saturated heterocycles. The Balaban J connectivity index is 1.68. The van der Waals surface area contributed by atoms with Crippen molar-refractivity contribution < 1.29 is 4.79 Å². The summed E-state index contributed by atoms with van der Waals surface area (Å²) in [6, 6.07) is 0. The highest BCUT2D eigenvalue weighted by atomic mass is 16.1. The molecule has 3 heteroatoms. The van der Waals surface area contributed by atoms with E-state index in [1.54, 1.807) is 0 Å². The van der Waals surface area contributed by atoms with Crippen molar-refractivity contribution in [3.63, 3.8) is 0 Å². The number of piperidine rings is 2. The van der Waals surface area contributed by atoms with Gasteiger partial charge in [-0.3, -0.25) is 4.79 Å². The van der Waals surface area contributed by atoms with Crippen LogP contribution in [0.5, 0.6) is 0 Å². The molecule has 3 nitrogen and oxygen atoms in total. The average molecular weight is 252 g/mol. The monoisotopic (exact) mass is 252 g/mol. The van der Waals surface area contributed by atoms with Crippen LogP contribution in [0.25, 0.3) is 0 Å². The molecule has 18 heavy (non-hydrogen) atoms. The first-order chi connectivity index (χ1) is 8.79. The predicted molar refractivity (Wildman–Crippen MR) is 74.7 cm³/mol. The molecule has 0 atom stereocenters. The number of carbonyl (C=O) groups excluding carboxylic acids is 1. The second kappa shape index (κ2) is 7.25. The van der Waals surface area contributed by atoms with E-state index in [2.05, 4.69) is 17.1 Å². The quantitative estimate of drug-likeness (QED) is 0.813. The Morgan fingerprint density at radius 2 is 1.83 bits per heavy atom. The summed E-state index contributed by atoms with van der Waals surface area (Å²) < 4.78 is 0. The minimum absolute atomic E-state index is 0.370. The van der Waals surface area contributed by atoms with E-state index in [9.17, 15) is 4.79 Å². The van der Waals surface area contributed by atoms with Gasteiger partial charge in [-0.05, 0) is 64.2 Å². The Morgan fingerprint density at radius 3 is 2.44 bits per heavy atom. The summed E-state index contributed by atoms with van der Waals surface area (Å²) in [5.41, 5.74) is 0. The molecular weight excluding hydrogens is 224 g/mol. The van der Waals surface area contributed by atoms with Crippen molar-refractivity contribution in [3.8, 4) is 0 Å². The van der Waals surface area contributed by atoms with Gasteiger partial charge in [-0.2, -0.15) is 0 Å². The Hall–Kier alpha value is -0.410. The molecule has 0 aromatic rings. The Bertz CT molecular complexity index is 253. The Kier molecular flexibility index (Phi) is 5.64. The third-order valence-electron chi connectivity index (χ3n) is 4.51. The van der Waals surface area contributed by atoms with Crippen LogP contribution < -0.4 is 5.32 Å². The van der Waals surface area contributed by atoms with Crippen LogP contribution in [0.3, 0.4) is 0 Å². The lowest BCUT2D eigenvalue weighted by molar-refractivity contribution is -0.124. The number of carbonyl (C=O) groups is 1. The van der Waals surface area contributed by atoms with Gasteiger partial charge in [-0.15, -0.1) is 0 Å². The summed E-state index contributed by atoms with van der Waals surface area (Å²) in [6.45, 7) is 8.03. The number of nitrogens with zero attached hydrogens (tertiary/aromatic N) is 1. The van der Waals surface area contributed by atoms with Gasteiger partial charge in [0.1, 0.15) is 5.78 Å². The van der Waals surface area contributed by atoms with E-state index >= 15 is 0 Å². The molecule has 0 unspecified atom stereocenters. The van der Waals surface area contributed by atoms with Gasteiger partial charge in [-0.25, -0.2) is 0 Å². The summed E-state index contributed by atoms with van der Waals surface area (Å²) in [6.07, 6.45) is 6.66. The van der Waals surface area contributed by atoms with Crippen LogP contribution in [0.15, 0.2) is 0 Å². The number of Topliss-reactive ketones (excluding diaryl/α,β-unsaturated/α-hetero) is 1. The van der Waals surface area contributed by atoms with Gasteiger partial charge in [0.15, 0.2) is 0 Å². The van der Waals surface area contributed by atoms with E-state index in [4.69, 9.17) is 0 Å². The molecule has 0 radical (unpaired) electrons. The molecule has 104 valence electrons. The fourth-order valence-electron chi connectivity index (χ4n) is 3.32. The normalized spacial score (nSPS) is 24.3. The molecule has 1 N–H and O–H groups in total. The molecule has 0 aromatic heterocycles. The summed E-state index contributed by atoms with van der Waals surface area (Å²) in [5, 5.41) is 3.42. The zero-order chi connectivity index (χ0) is 12.8. The van der Waals surface area contributed by atoms with Crippen LogP contribution in [0, 0.1) is 11.8 Å². The van der Waals surface area contributed by atoms with E-state index in [0.717, 1.165) is 44.7 Å². The Morgan fingerprint density at radius 1 is 1.17 bits per heavy atom. The van der Waals surface area contributed by atoms with E-state index < -0.39 is 0 Å². The number of hydrogen-bond acceptors (Lipinski definition) is 3. The van der Waals surface area contributed by atoms with Crippen LogP contribution in [0.1, 0.15) is 45.4 Å². The van der Waals surface area contributed by atoms with Gasteiger partial charge in [0.05, 0.1) is 0 Å². The van der Waals surface area contributed by atoms with Crippen LogP contribution in [-0.4, -0.2) is 43.4 Å². The number of ketones is 1. The van der Waals surface area contributed by atoms with Gasteiger partial charge in [0.2, 0.25) is 0 Å². The molecule has 2 rings (SSSR count). The van der Waals surface area contributed by atoms with Crippen molar-refractivity contribution >= 4 is 5.78 Å². The average Bonchev–Trinajstić information content (AvgIpc) is 2.41. The molecule has 2 aliphatic rings. The lowest BCUT2D eigenvalue weighted by atomic mass is 9.89.